The van der Waals surface area contributed by atoms with Crippen molar-refractivity contribution in [1.29, 1.82) is 0 Å². The molecule has 0 aromatic carbocycles. The molecule has 0 aromatic heterocycles. The maximum atomic E-state index is 11.3. The zero-order valence-corrected chi connectivity index (χ0v) is 8.00. The molecule has 0 fully saturated rings. The van der Waals surface area contributed by atoms with Crippen molar-refractivity contribution >= 4 is 18.9 Å². The summed E-state index contributed by atoms with van der Waals surface area (Å²) in [5.74, 6) is -0.562. The molecule has 0 saturated heterocycles. The number of allylic oxidation sites excluding steroid dienone is 2. The monoisotopic (exact) mass is 202 g/mol. The smallest absolute Gasteiger partial charge is 0.215 e. The Hall–Kier alpha value is -0.730. The summed E-state index contributed by atoms with van der Waals surface area (Å²) in [5, 5.41) is 0. The molecule has 0 bridgehead atoms. The molecule has 0 spiro atoms. The van der Waals surface area contributed by atoms with Gasteiger partial charge in [0.15, 0.2) is 0 Å². The highest BCUT2D eigenvalue weighted by atomic mass is 31.2. The molecule has 1 aliphatic rings. The van der Waals surface area contributed by atoms with E-state index in [0.29, 0.717) is 0 Å². The number of carbonyl (C=O) groups is 2. The van der Waals surface area contributed by atoms with Crippen molar-refractivity contribution in [3.63, 3.8) is 0 Å². The van der Waals surface area contributed by atoms with E-state index in [1.54, 1.807) is 12.2 Å². The normalized spacial score (nSPS) is 25.9. The SMILES string of the molecule is O=C1C/C=C\CC(=O)CP(=O)(O)C1. The van der Waals surface area contributed by atoms with Crippen molar-refractivity contribution in [1.82, 2.24) is 0 Å². The molecule has 72 valence electrons. The topological polar surface area (TPSA) is 71.4 Å². The van der Waals surface area contributed by atoms with Gasteiger partial charge in [0.25, 0.3) is 0 Å². The first-order valence-corrected chi connectivity index (χ1v) is 6.02. The quantitative estimate of drug-likeness (QED) is 0.464. The van der Waals surface area contributed by atoms with Crippen molar-refractivity contribution in [2.24, 2.45) is 0 Å². The van der Waals surface area contributed by atoms with Crippen molar-refractivity contribution in [2.45, 2.75) is 12.8 Å². The van der Waals surface area contributed by atoms with Crippen molar-refractivity contribution in [3.8, 4) is 0 Å². The molecular weight excluding hydrogens is 191 g/mol. The van der Waals surface area contributed by atoms with E-state index in [4.69, 9.17) is 0 Å². The van der Waals surface area contributed by atoms with E-state index in [9.17, 15) is 19.0 Å². The summed E-state index contributed by atoms with van der Waals surface area (Å²) in [6.07, 6.45) is 2.71. The number of ketones is 2. The Morgan fingerprint density at radius 2 is 1.46 bits per heavy atom. The molecule has 0 saturated carbocycles. The van der Waals surface area contributed by atoms with Gasteiger partial charge in [0.05, 0.1) is 12.3 Å². The number of hydrogen-bond acceptors (Lipinski definition) is 3. The van der Waals surface area contributed by atoms with Crippen LogP contribution in [0.25, 0.3) is 0 Å². The van der Waals surface area contributed by atoms with Gasteiger partial charge in [0.1, 0.15) is 11.6 Å². The van der Waals surface area contributed by atoms with Crippen LogP contribution in [-0.4, -0.2) is 28.8 Å². The van der Waals surface area contributed by atoms with Crippen LogP contribution in [0.2, 0.25) is 0 Å². The molecule has 4 nitrogen and oxygen atoms in total. The minimum Gasteiger partial charge on any atom is -0.344 e. The van der Waals surface area contributed by atoms with Gasteiger partial charge in [0, 0.05) is 12.8 Å². The predicted molar refractivity (Wildman–Crippen MR) is 47.9 cm³/mol. The summed E-state index contributed by atoms with van der Waals surface area (Å²) in [4.78, 5) is 31.3. The van der Waals surface area contributed by atoms with Gasteiger partial charge in [0.2, 0.25) is 7.37 Å². The summed E-state index contributed by atoms with van der Waals surface area (Å²) < 4.78 is 11.3. The Kier molecular flexibility index (Phi) is 3.17. The lowest BCUT2D eigenvalue weighted by Crippen LogP contribution is -2.10. The highest BCUT2D eigenvalue weighted by Gasteiger charge is 2.25. The van der Waals surface area contributed by atoms with E-state index in [-0.39, 0.29) is 36.7 Å². The maximum absolute atomic E-state index is 11.3. The minimum atomic E-state index is -3.54. The lowest BCUT2D eigenvalue weighted by molar-refractivity contribution is -0.116. The molecule has 1 N–H and O–H groups in total. The maximum Gasteiger partial charge on any atom is 0.215 e. The molecule has 0 radical (unpaired) electrons. The van der Waals surface area contributed by atoms with E-state index in [2.05, 4.69) is 0 Å². The van der Waals surface area contributed by atoms with Crippen LogP contribution < -0.4 is 0 Å². The molecule has 0 aliphatic carbocycles. The fraction of sp³-hybridized carbons (Fsp3) is 0.500. The van der Waals surface area contributed by atoms with Crippen LogP contribution >= 0.6 is 7.37 Å². The number of hydrogen-bond donors (Lipinski definition) is 1. The van der Waals surface area contributed by atoms with Crippen molar-refractivity contribution in [2.75, 3.05) is 12.3 Å². The number of rotatable bonds is 0. The Bertz CT molecular complexity index is 279. The molecule has 0 atom stereocenters. The summed E-state index contributed by atoms with van der Waals surface area (Å²) >= 11 is 0. The van der Waals surface area contributed by atoms with Crippen LogP contribution in [0.15, 0.2) is 12.2 Å². The Labute approximate surface area is 76.1 Å². The van der Waals surface area contributed by atoms with Gasteiger partial charge < -0.3 is 4.89 Å². The standard InChI is InChI=1S/C8H11O4P/c9-7-3-1-2-4-8(10)6-13(11,12)5-7/h1-2H,3-6H2,(H,11,12)/b2-1-. The summed E-state index contributed by atoms with van der Waals surface area (Å²) in [6, 6.07) is 0. The van der Waals surface area contributed by atoms with Crippen LogP contribution in [0, 0.1) is 0 Å². The first-order valence-electron chi connectivity index (χ1n) is 3.99. The average Bonchev–Trinajstić information content (AvgIpc) is 1.99. The first kappa shape index (κ1) is 10.4. The van der Waals surface area contributed by atoms with Crippen LogP contribution in [0.3, 0.4) is 0 Å². The molecular formula is C8H11O4P. The van der Waals surface area contributed by atoms with Crippen molar-refractivity contribution < 1.29 is 19.0 Å². The lowest BCUT2D eigenvalue weighted by atomic mass is 10.2. The predicted octanol–water partition coefficient (Wildman–Crippen LogP) is 0.745. The van der Waals surface area contributed by atoms with E-state index >= 15 is 0 Å². The highest BCUT2D eigenvalue weighted by Crippen LogP contribution is 2.40. The zero-order chi connectivity index (χ0) is 9.90. The van der Waals surface area contributed by atoms with E-state index in [1.807, 2.05) is 0 Å². The molecule has 0 aromatic rings. The molecule has 0 unspecified atom stereocenters. The second-order valence-electron chi connectivity index (χ2n) is 3.12. The highest BCUT2D eigenvalue weighted by molar-refractivity contribution is 7.59. The fourth-order valence-corrected chi connectivity index (χ4v) is 2.64. The molecule has 13 heavy (non-hydrogen) atoms. The third kappa shape index (κ3) is 3.66. The molecule has 5 heteroatoms. The van der Waals surface area contributed by atoms with Gasteiger partial charge in [-0.3, -0.25) is 14.2 Å². The Morgan fingerprint density at radius 3 is 1.85 bits per heavy atom. The Morgan fingerprint density at radius 1 is 1.08 bits per heavy atom. The van der Waals surface area contributed by atoms with Gasteiger partial charge in [-0.15, -0.1) is 0 Å². The lowest BCUT2D eigenvalue weighted by Gasteiger charge is -2.07. The molecule has 1 aliphatic heterocycles. The first-order chi connectivity index (χ1) is 5.99. The average molecular weight is 202 g/mol. The van der Waals surface area contributed by atoms with Gasteiger partial charge in [-0.05, 0) is 0 Å². The van der Waals surface area contributed by atoms with E-state index < -0.39 is 7.37 Å². The van der Waals surface area contributed by atoms with E-state index in [1.165, 1.54) is 0 Å². The second kappa shape index (κ2) is 3.99. The van der Waals surface area contributed by atoms with Crippen LogP contribution in [0.4, 0.5) is 0 Å². The Balaban J connectivity index is 2.79. The zero-order valence-electron chi connectivity index (χ0n) is 7.10. The van der Waals surface area contributed by atoms with Crippen LogP contribution in [0.5, 0.6) is 0 Å². The van der Waals surface area contributed by atoms with Crippen LogP contribution in [0.1, 0.15) is 12.8 Å². The second-order valence-corrected chi connectivity index (χ2v) is 5.44. The van der Waals surface area contributed by atoms with Gasteiger partial charge in [-0.2, -0.15) is 0 Å². The summed E-state index contributed by atoms with van der Waals surface area (Å²) in [6.45, 7) is 0. The van der Waals surface area contributed by atoms with E-state index in [0.717, 1.165) is 0 Å². The van der Waals surface area contributed by atoms with Gasteiger partial charge >= 0.3 is 0 Å². The molecule has 1 heterocycles. The third-order valence-corrected chi connectivity index (χ3v) is 3.40. The third-order valence-electron chi connectivity index (χ3n) is 1.70. The van der Waals surface area contributed by atoms with Gasteiger partial charge in [-0.1, -0.05) is 12.2 Å². The molecule has 1 rings (SSSR count). The minimum absolute atomic E-state index is 0.151. The fourth-order valence-electron chi connectivity index (χ4n) is 1.17. The number of carbonyl (C=O) groups excluding carboxylic acids is 2. The van der Waals surface area contributed by atoms with Crippen molar-refractivity contribution in [3.05, 3.63) is 12.2 Å². The largest absolute Gasteiger partial charge is 0.344 e. The summed E-state index contributed by atoms with van der Waals surface area (Å²) in [5.41, 5.74) is 0. The van der Waals surface area contributed by atoms with Crippen LogP contribution in [-0.2, 0) is 14.2 Å². The van der Waals surface area contributed by atoms with Gasteiger partial charge in [-0.25, -0.2) is 0 Å². The molecule has 0 amide bonds. The summed E-state index contributed by atoms with van der Waals surface area (Å²) in [7, 11) is -3.54. The number of Topliss-reactive ketones (excluding diaryl/α,β-unsaturated/α-hetero) is 2.